The van der Waals surface area contributed by atoms with Gasteiger partial charge >= 0.3 is 0 Å². The molecular formula is C18H20O2. The topological polar surface area (TPSA) is 18.5 Å². The molecule has 0 heterocycles. The molecule has 0 radical (unpaired) electrons. The number of ether oxygens (including phenoxy) is 2. The van der Waals surface area contributed by atoms with Gasteiger partial charge in [0.05, 0.1) is 13.2 Å². The first-order valence-corrected chi connectivity index (χ1v) is 6.97. The molecule has 2 aromatic rings. The van der Waals surface area contributed by atoms with Gasteiger partial charge in [-0.3, -0.25) is 0 Å². The van der Waals surface area contributed by atoms with Gasteiger partial charge in [-0.05, 0) is 40.5 Å². The van der Waals surface area contributed by atoms with E-state index in [1.54, 1.807) is 14.2 Å². The summed E-state index contributed by atoms with van der Waals surface area (Å²) in [5.41, 5.74) is 2.55. The van der Waals surface area contributed by atoms with Gasteiger partial charge in [0, 0.05) is 19.6 Å². The molecule has 0 saturated carbocycles. The van der Waals surface area contributed by atoms with Crippen molar-refractivity contribution in [2.24, 2.45) is 0 Å². The highest BCUT2D eigenvalue weighted by Gasteiger charge is 2.35. The van der Waals surface area contributed by atoms with Crippen molar-refractivity contribution in [2.45, 2.75) is 11.8 Å². The van der Waals surface area contributed by atoms with Crippen LogP contribution in [0.15, 0.2) is 42.5 Å². The van der Waals surface area contributed by atoms with Gasteiger partial charge < -0.3 is 9.47 Å². The van der Waals surface area contributed by atoms with E-state index in [0.29, 0.717) is 13.2 Å². The number of methoxy groups -OCH3 is 2. The van der Waals surface area contributed by atoms with Crippen molar-refractivity contribution in [1.29, 1.82) is 0 Å². The predicted octanol–water partition coefficient (Wildman–Crippen LogP) is 3.79. The van der Waals surface area contributed by atoms with Gasteiger partial charge in [0.25, 0.3) is 0 Å². The fourth-order valence-electron chi connectivity index (χ4n) is 3.24. The van der Waals surface area contributed by atoms with Crippen LogP contribution in [-0.2, 0) is 14.9 Å². The Bertz CT molecular complexity index is 637. The van der Waals surface area contributed by atoms with Crippen molar-refractivity contribution in [1.82, 2.24) is 0 Å². The third-order valence-corrected chi connectivity index (χ3v) is 4.14. The second-order valence-corrected chi connectivity index (χ2v) is 5.54. The zero-order valence-corrected chi connectivity index (χ0v) is 12.1. The van der Waals surface area contributed by atoms with Gasteiger partial charge in [-0.2, -0.15) is 0 Å². The summed E-state index contributed by atoms with van der Waals surface area (Å²) < 4.78 is 11.0. The van der Waals surface area contributed by atoms with Gasteiger partial charge in [-0.25, -0.2) is 0 Å². The van der Waals surface area contributed by atoms with E-state index < -0.39 is 0 Å². The number of fused-ring (bicyclic) bond motifs is 2. The maximum Gasteiger partial charge on any atom is 0.0584 e. The minimum atomic E-state index is -0.0718. The maximum absolute atomic E-state index is 5.49. The molecule has 1 aliphatic rings. The molecule has 2 aromatic carbocycles. The van der Waals surface area contributed by atoms with Crippen LogP contribution in [0.4, 0.5) is 0 Å². The normalized spacial score (nSPS) is 16.3. The summed E-state index contributed by atoms with van der Waals surface area (Å²) >= 11 is 0. The molecule has 0 fully saturated rings. The average Bonchev–Trinajstić information content (AvgIpc) is 2.46. The van der Waals surface area contributed by atoms with Crippen LogP contribution in [0.2, 0.25) is 0 Å². The standard InChI is InChI=1S/C18H20O2/c1-19-12-18(13-20-2)9-5-8-16-10-14-6-3-4-7-15(14)11-17(16)18/h3-8,10-11H,9,12-13H2,1-2H3. The second-order valence-electron chi connectivity index (χ2n) is 5.54. The first-order chi connectivity index (χ1) is 9.79. The van der Waals surface area contributed by atoms with Gasteiger partial charge in [0.2, 0.25) is 0 Å². The van der Waals surface area contributed by atoms with Gasteiger partial charge in [-0.15, -0.1) is 0 Å². The summed E-state index contributed by atoms with van der Waals surface area (Å²) in [7, 11) is 3.52. The average molecular weight is 268 g/mol. The summed E-state index contributed by atoms with van der Waals surface area (Å²) in [4.78, 5) is 0. The Balaban J connectivity index is 2.19. The van der Waals surface area contributed by atoms with Crippen LogP contribution in [0, 0.1) is 0 Å². The molecule has 1 aliphatic carbocycles. The van der Waals surface area contributed by atoms with Gasteiger partial charge in [-0.1, -0.05) is 36.4 Å². The molecule has 3 rings (SSSR count). The molecule has 0 unspecified atom stereocenters. The highest BCUT2D eigenvalue weighted by molar-refractivity contribution is 5.87. The zero-order chi connectivity index (χ0) is 14.0. The minimum Gasteiger partial charge on any atom is -0.384 e. The maximum atomic E-state index is 5.49. The van der Waals surface area contributed by atoms with E-state index in [0.717, 1.165) is 6.42 Å². The molecular weight excluding hydrogens is 248 g/mol. The van der Waals surface area contributed by atoms with E-state index in [9.17, 15) is 0 Å². The van der Waals surface area contributed by atoms with Crippen LogP contribution >= 0.6 is 0 Å². The Morgan fingerprint density at radius 3 is 2.30 bits per heavy atom. The summed E-state index contributed by atoms with van der Waals surface area (Å²) in [5.74, 6) is 0. The fourth-order valence-corrected chi connectivity index (χ4v) is 3.24. The van der Waals surface area contributed by atoms with Crippen LogP contribution < -0.4 is 0 Å². The smallest absolute Gasteiger partial charge is 0.0584 e. The lowest BCUT2D eigenvalue weighted by Gasteiger charge is -2.36. The molecule has 0 aliphatic heterocycles. The molecule has 0 aromatic heterocycles. The van der Waals surface area contributed by atoms with Gasteiger partial charge in [0.1, 0.15) is 0 Å². The SMILES string of the molecule is COCC1(COC)CC=Cc2cc3ccccc3cc21. The zero-order valence-electron chi connectivity index (χ0n) is 12.1. The number of hydrogen-bond acceptors (Lipinski definition) is 2. The largest absolute Gasteiger partial charge is 0.384 e. The molecule has 2 heteroatoms. The first-order valence-electron chi connectivity index (χ1n) is 6.97. The van der Waals surface area contributed by atoms with Crippen molar-refractivity contribution < 1.29 is 9.47 Å². The van der Waals surface area contributed by atoms with E-state index in [-0.39, 0.29) is 5.41 Å². The summed E-state index contributed by atoms with van der Waals surface area (Å²) in [6, 6.07) is 13.1. The molecule has 0 N–H and O–H groups in total. The Morgan fingerprint density at radius 1 is 1.00 bits per heavy atom. The van der Waals surface area contributed by atoms with E-state index in [1.165, 1.54) is 21.9 Å². The predicted molar refractivity (Wildman–Crippen MR) is 83.0 cm³/mol. The molecule has 0 spiro atoms. The number of hydrogen-bond donors (Lipinski definition) is 0. The van der Waals surface area contributed by atoms with E-state index in [4.69, 9.17) is 9.47 Å². The van der Waals surface area contributed by atoms with E-state index >= 15 is 0 Å². The van der Waals surface area contributed by atoms with Crippen LogP contribution in [0.1, 0.15) is 17.5 Å². The fraction of sp³-hybridized carbons (Fsp3) is 0.333. The Kier molecular flexibility index (Phi) is 3.60. The Morgan fingerprint density at radius 2 is 1.65 bits per heavy atom. The highest BCUT2D eigenvalue weighted by atomic mass is 16.5. The summed E-state index contributed by atoms with van der Waals surface area (Å²) in [6.45, 7) is 1.35. The lowest BCUT2D eigenvalue weighted by molar-refractivity contribution is 0.0599. The third-order valence-electron chi connectivity index (χ3n) is 4.14. The lowest BCUT2D eigenvalue weighted by Crippen LogP contribution is -2.38. The summed E-state index contributed by atoms with van der Waals surface area (Å²) in [5, 5.41) is 2.56. The molecule has 0 bridgehead atoms. The Labute approximate surface area is 120 Å². The minimum absolute atomic E-state index is 0.0718. The van der Waals surface area contributed by atoms with Crippen molar-refractivity contribution >= 4 is 16.8 Å². The van der Waals surface area contributed by atoms with E-state index in [1.807, 2.05) is 0 Å². The second kappa shape index (κ2) is 5.39. The summed E-state index contributed by atoms with van der Waals surface area (Å²) in [6.07, 6.45) is 5.40. The van der Waals surface area contributed by atoms with E-state index in [2.05, 4.69) is 48.6 Å². The van der Waals surface area contributed by atoms with Crippen LogP contribution in [-0.4, -0.2) is 27.4 Å². The van der Waals surface area contributed by atoms with Crippen LogP contribution in [0.3, 0.4) is 0 Å². The van der Waals surface area contributed by atoms with Gasteiger partial charge in [0.15, 0.2) is 0 Å². The van der Waals surface area contributed by atoms with Crippen molar-refractivity contribution in [3.63, 3.8) is 0 Å². The lowest BCUT2D eigenvalue weighted by atomic mass is 9.73. The molecule has 0 amide bonds. The number of allylic oxidation sites excluding steroid dienone is 1. The van der Waals surface area contributed by atoms with Crippen molar-refractivity contribution in [3.8, 4) is 0 Å². The van der Waals surface area contributed by atoms with Crippen molar-refractivity contribution in [3.05, 3.63) is 53.6 Å². The quantitative estimate of drug-likeness (QED) is 0.840. The third kappa shape index (κ3) is 2.15. The van der Waals surface area contributed by atoms with Crippen LogP contribution in [0.25, 0.3) is 16.8 Å². The molecule has 20 heavy (non-hydrogen) atoms. The first kappa shape index (κ1) is 13.3. The number of benzene rings is 2. The number of rotatable bonds is 4. The molecule has 0 atom stereocenters. The Hall–Kier alpha value is -1.64. The molecule has 104 valence electrons. The molecule has 0 saturated heterocycles. The molecule has 2 nitrogen and oxygen atoms in total. The highest BCUT2D eigenvalue weighted by Crippen LogP contribution is 2.38. The van der Waals surface area contributed by atoms with Crippen molar-refractivity contribution in [2.75, 3.05) is 27.4 Å². The van der Waals surface area contributed by atoms with Crippen LogP contribution in [0.5, 0.6) is 0 Å². The monoisotopic (exact) mass is 268 g/mol.